The average Bonchev–Trinajstić information content (AvgIpc) is 2.67. The van der Waals surface area contributed by atoms with Crippen LogP contribution in [0, 0.1) is 5.82 Å². The summed E-state index contributed by atoms with van der Waals surface area (Å²) < 4.78 is 13.0. The van der Waals surface area contributed by atoms with Gasteiger partial charge in [-0.25, -0.2) is 4.39 Å². The van der Waals surface area contributed by atoms with Crippen LogP contribution in [-0.4, -0.2) is 25.4 Å². The molecule has 1 aromatic rings. The minimum absolute atomic E-state index is 0.119. The minimum atomic E-state index is -0.235. The first kappa shape index (κ1) is 10.1. The summed E-state index contributed by atoms with van der Waals surface area (Å²) in [5, 5.41) is 6.03. The van der Waals surface area contributed by atoms with E-state index in [4.69, 9.17) is 4.84 Å². The highest BCUT2D eigenvalue weighted by atomic mass is 19.1. The molecule has 2 N–H and O–H groups in total. The van der Waals surface area contributed by atoms with Crippen LogP contribution in [0.3, 0.4) is 0 Å². The monoisotopic (exact) mass is 209 g/mol. The Morgan fingerprint density at radius 3 is 3.20 bits per heavy atom. The number of nitrogens with two attached hydrogens (primary N) is 1. The lowest BCUT2D eigenvalue weighted by Crippen LogP contribution is -2.82. The summed E-state index contributed by atoms with van der Waals surface area (Å²) in [5.74, 6) is -0.235. The van der Waals surface area contributed by atoms with Gasteiger partial charge in [-0.15, -0.1) is 0 Å². The highest BCUT2D eigenvalue weighted by Gasteiger charge is 2.22. The molecule has 1 aliphatic rings. The van der Waals surface area contributed by atoms with Gasteiger partial charge in [-0.2, -0.15) is 0 Å². The second-order valence-electron chi connectivity index (χ2n) is 3.62. The number of oxime groups is 1. The molecule has 1 heterocycles. The fourth-order valence-corrected chi connectivity index (χ4v) is 1.66. The molecule has 1 atom stereocenters. The highest BCUT2D eigenvalue weighted by molar-refractivity contribution is 6.01. The lowest BCUT2D eigenvalue weighted by molar-refractivity contribution is -0.633. The van der Waals surface area contributed by atoms with E-state index in [0.29, 0.717) is 0 Å². The zero-order valence-electron chi connectivity index (χ0n) is 8.61. The zero-order valence-corrected chi connectivity index (χ0v) is 8.61. The average molecular weight is 209 g/mol. The molecule has 80 valence electrons. The van der Waals surface area contributed by atoms with Crippen LogP contribution in [0.4, 0.5) is 4.39 Å². The number of hydrogen-bond acceptors (Lipinski definition) is 2. The molecule has 2 rings (SSSR count). The van der Waals surface area contributed by atoms with Crippen molar-refractivity contribution in [3.63, 3.8) is 0 Å². The van der Waals surface area contributed by atoms with Crippen LogP contribution in [-0.2, 0) is 4.84 Å². The van der Waals surface area contributed by atoms with Crippen LogP contribution in [0.5, 0.6) is 0 Å². The smallest absolute Gasteiger partial charge is 0.181 e. The van der Waals surface area contributed by atoms with Gasteiger partial charge in [0.1, 0.15) is 12.4 Å². The predicted molar refractivity (Wildman–Crippen MR) is 55.1 cm³/mol. The Morgan fingerprint density at radius 2 is 2.47 bits per heavy atom. The molecule has 4 heteroatoms. The SMILES string of the molecule is C[NH2+]C[C@H]1CC(c2cccc(F)c2)=NO1. The van der Waals surface area contributed by atoms with Crippen LogP contribution >= 0.6 is 0 Å². The number of halogens is 1. The van der Waals surface area contributed by atoms with Gasteiger partial charge in [0.15, 0.2) is 6.10 Å². The molecule has 0 unspecified atom stereocenters. The van der Waals surface area contributed by atoms with E-state index in [1.54, 1.807) is 6.07 Å². The Bertz CT molecular complexity index is 379. The van der Waals surface area contributed by atoms with Crippen molar-refractivity contribution in [2.75, 3.05) is 13.6 Å². The Labute approximate surface area is 87.9 Å². The minimum Gasteiger partial charge on any atom is -0.386 e. The number of likely N-dealkylation sites (N-methyl/N-ethyl adjacent to an activating group) is 1. The number of benzene rings is 1. The normalized spacial score (nSPS) is 19.9. The first-order valence-electron chi connectivity index (χ1n) is 5.06. The van der Waals surface area contributed by atoms with E-state index in [9.17, 15) is 4.39 Å². The molecule has 3 nitrogen and oxygen atoms in total. The Morgan fingerprint density at radius 1 is 1.60 bits per heavy atom. The lowest BCUT2D eigenvalue weighted by atomic mass is 10.1. The van der Waals surface area contributed by atoms with Crippen molar-refractivity contribution in [1.29, 1.82) is 0 Å². The van der Waals surface area contributed by atoms with E-state index in [-0.39, 0.29) is 11.9 Å². The number of hydrogen-bond donors (Lipinski definition) is 1. The lowest BCUT2D eigenvalue weighted by Gasteiger charge is -2.03. The predicted octanol–water partition coefficient (Wildman–Crippen LogP) is 0.512. The Hall–Kier alpha value is -1.42. The van der Waals surface area contributed by atoms with Gasteiger partial charge in [-0.05, 0) is 12.1 Å². The maximum Gasteiger partial charge on any atom is 0.181 e. The maximum atomic E-state index is 13.0. The maximum absolute atomic E-state index is 13.0. The van der Waals surface area contributed by atoms with Crippen molar-refractivity contribution in [2.24, 2.45) is 5.16 Å². The Balaban J connectivity index is 2.07. The molecule has 0 bridgehead atoms. The van der Waals surface area contributed by atoms with E-state index < -0.39 is 0 Å². The summed E-state index contributed by atoms with van der Waals surface area (Å²) >= 11 is 0. The molecule has 0 aromatic heterocycles. The molecule has 0 saturated heterocycles. The summed E-state index contributed by atoms with van der Waals surface area (Å²) in [7, 11) is 1.99. The highest BCUT2D eigenvalue weighted by Crippen LogP contribution is 2.16. The van der Waals surface area contributed by atoms with E-state index in [0.717, 1.165) is 24.2 Å². The van der Waals surface area contributed by atoms with Gasteiger partial charge in [0.25, 0.3) is 0 Å². The molecule has 0 saturated carbocycles. The molecule has 15 heavy (non-hydrogen) atoms. The topological polar surface area (TPSA) is 38.2 Å². The first-order chi connectivity index (χ1) is 7.29. The van der Waals surface area contributed by atoms with Crippen LogP contribution in [0.1, 0.15) is 12.0 Å². The van der Waals surface area contributed by atoms with Gasteiger partial charge in [-0.3, -0.25) is 0 Å². The molecule has 1 aromatic carbocycles. The van der Waals surface area contributed by atoms with Crippen LogP contribution < -0.4 is 5.32 Å². The van der Waals surface area contributed by atoms with Gasteiger partial charge >= 0.3 is 0 Å². The molecule has 0 fully saturated rings. The van der Waals surface area contributed by atoms with Gasteiger partial charge < -0.3 is 10.2 Å². The molecule has 0 spiro atoms. The van der Waals surface area contributed by atoms with Crippen molar-refractivity contribution in [3.05, 3.63) is 35.6 Å². The van der Waals surface area contributed by atoms with E-state index in [1.165, 1.54) is 12.1 Å². The second kappa shape index (κ2) is 4.40. The fourth-order valence-electron chi connectivity index (χ4n) is 1.66. The van der Waals surface area contributed by atoms with Crippen molar-refractivity contribution in [3.8, 4) is 0 Å². The van der Waals surface area contributed by atoms with Gasteiger partial charge in [0.2, 0.25) is 0 Å². The van der Waals surface area contributed by atoms with Crippen LogP contribution in [0.2, 0.25) is 0 Å². The number of rotatable bonds is 3. The number of quaternary nitrogens is 1. The summed E-state index contributed by atoms with van der Waals surface area (Å²) in [6, 6.07) is 6.45. The molecular weight excluding hydrogens is 195 g/mol. The first-order valence-corrected chi connectivity index (χ1v) is 5.06. The van der Waals surface area contributed by atoms with Crippen molar-refractivity contribution in [2.45, 2.75) is 12.5 Å². The largest absolute Gasteiger partial charge is 0.386 e. The van der Waals surface area contributed by atoms with Gasteiger partial charge in [-0.1, -0.05) is 17.3 Å². The van der Waals surface area contributed by atoms with Crippen LogP contribution in [0.25, 0.3) is 0 Å². The van der Waals surface area contributed by atoms with E-state index >= 15 is 0 Å². The molecule has 0 radical (unpaired) electrons. The van der Waals surface area contributed by atoms with Crippen LogP contribution in [0.15, 0.2) is 29.4 Å². The third-order valence-corrected chi connectivity index (χ3v) is 2.39. The quantitative estimate of drug-likeness (QED) is 0.774. The molecule has 0 amide bonds. The summed E-state index contributed by atoms with van der Waals surface area (Å²) in [6.07, 6.45) is 0.876. The third-order valence-electron chi connectivity index (χ3n) is 2.39. The number of nitrogens with zero attached hydrogens (tertiary/aromatic N) is 1. The standard InChI is InChI=1S/C11H13FN2O/c1-13-7-10-6-11(14-15-10)8-3-2-4-9(12)5-8/h2-5,10,13H,6-7H2,1H3/p+1/t10-/m1/s1. The van der Waals surface area contributed by atoms with Crippen molar-refractivity contribution >= 4 is 5.71 Å². The molecule has 0 aliphatic carbocycles. The Kier molecular flexibility index (Phi) is 2.97. The zero-order chi connectivity index (χ0) is 10.7. The summed E-state index contributed by atoms with van der Waals surface area (Å²) in [5.41, 5.74) is 1.65. The van der Waals surface area contributed by atoms with Gasteiger partial charge in [0, 0.05) is 12.0 Å². The second-order valence-corrected chi connectivity index (χ2v) is 3.62. The van der Waals surface area contributed by atoms with E-state index in [2.05, 4.69) is 10.5 Å². The summed E-state index contributed by atoms with van der Waals surface area (Å²) in [6.45, 7) is 0.877. The van der Waals surface area contributed by atoms with Crippen molar-refractivity contribution in [1.82, 2.24) is 0 Å². The molecular formula is C11H14FN2O+. The third kappa shape index (κ3) is 2.33. The van der Waals surface area contributed by atoms with E-state index in [1.807, 2.05) is 13.1 Å². The fraction of sp³-hybridized carbons (Fsp3) is 0.364. The van der Waals surface area contributed by atoms with Crippen molar-refractivity contribution < 1.29 is 14.5 Å². The molecule has 1 aliphatic heterocycles. The van der Waals surface area contributed by atoms with Gasteiger partial charge in [0.05, 0.1) is 12.8 Å². The summed E-state index contributed by atoms with van der Waals surface area (Å²) in [4.78, 5) is 5.23.